The minimum Gasteiger partial charge on any atom is -0.870 e. The van der Waals surface area contributed by atoms with Crippen LogP contribution in [0.15, 0.2) is 0 Å². The van der Waals surface area contributed by atoms with E-state index in [0.29, 0.717) is 0 Å². The summed E-state index contributed by atoms with van der Waals surface area (Å²) < 4.78 is 8.06. The van der Waals surface area contributed by atoms with Gasteiger partial charge in [0.05, 0.1) is 0 Å². The molecule has 0 radical (unpaired) electrons. The first-order chi connectivity index (χ1) is 1.00. The topological polar surface area (TPSA) is 167 Å². The molecule has 0 aromatic carbocycles. The fraction of sp³-hybridized carbons (Fsp3) is 0. The smallest absolute Gasteiger partial charge is 0.870 e. The van der Waals surface area contributed by atoms with Crippen LogP contribution >= 0.6 is 0 Å². The summed E-state index contributed by atoms with van der Waals surface area (Å²) in [6.07, 6.45) is 0. The molecule has 0 spiro atoms. The molecule has 0 aromatic rings. The van der Waals surface area contributed by atoms with E-state index in [9.17, 15) is 0 Å². The molecule has 0 aliphatic rings. The van der Waals surface area contributed by atoms with E-state index in [1.54, 1.807) is 10.1 Å². The summed E-state index contributed by atoms with van der Waals surface area (Å²) in [7, 11) is 1.72. The Morgan fingerprint density at radius 2 is 0.625 bits per heavy atom. The molecule has 0 fully saturated rings. The van der Waals surface area contributed by atoms with Crippen LogP contribution in [0.2, 0.25) is 0 Å². The molecule has 0 saturated heterocycles. The Hall–Kier alpha value is 0.349. The summed E-state index contributed by atoms with van der Waals surface area (Å²) in [5, 5.41) is 0. The van der Waals surface area contributed by atoms with Crippen LogP contribution in [-0.2, 0) is 4.46 Å². The summed E-state index contributed by atoms with van der Waals surface area (Å²) in [5.41, 5.74) is 0. The van der Waals surface area contributed by atoms with Crippen LogP contribution < -0.4 is 0 Å². The van der Waals surface area contributed by atoms with Crippen LogP contribution in [0.4, 0.5) is 0 Å². The number of hydrogen-bond donors (Lipinski definition) is 0. The second-order valence-electron chi connectivity index (χ2n) is 0. The van der Waals surface area contributed by atoms with Gasteiger partial charge < -0.3 is 27.4 Å². The van der Waals surface area contributed by atoms with Gasteiger partial charge in [0.1, 0.15) is 0 Å². The van der Waals surface area contributed by atoms with Crippen molar-refractivity contribution in [3.8, 4) is 0 Å². The molecule has 8 heteroatoms. The Labute approximate surface area is 60.0 Å². The van der Waals surface area contributed by atoms with Crippen molar-refractivity contribution in [1.82, 2.24) is 0 Å². The molecule has 0 atom stereocenters. The van der Waals surface area contributed by atoms with Gasteiger partial charge in [0.25, 0.3) is 0 Å². The van der Waals surface area contributed by atoms with Crippen LogP contribution in [0, 0.1) is 0 Å². The normalized spacial score (nSPS) is 0.750. The van der Waals surface area contributed by atoms with Gasteiger partial charge >= 0.3 is 32.0 Å². The van der Waals surface area contributed by atoms with Crippen molar-refractivity contribution >= 4 is 27.5 Å². The van der Waals surface area contributed by atoms with E-state index >= 15 is 0 Å². The van der Waals surface area contributed by atoms with E-state index < -0.39 is 0 Å². The predicted octanol–water partition coefficient (Wildman–Crippen LogP) is -1.76. The average Bonchev–Trinajstić information content (AvgIpc) is 1.00. The molecule has 6 nitrogen and oxygen atoms in total. The van der Waals surface area contributed by atoms with Crippen molar-refractivity contribution in [3.05, 3.63) is 0 Å². The summed E-state index contributed by atoms with van der Waals surface area (Å²) in [6, 6.07) is 0. The van der Waals surface area contributed by atoms with Crippen molar-refractivity contribution in [2.24, 2.45) is 0 Å². The second kappa shape index (κ2) is 2430. The Morgan fingerprint density at radius 3 is 0.625 bits per heavy atom. The monoisotopic (exact) mass is 156 g/mol. The fourth-order valence-corrected chi connectivity index (χ4v) is 0. The van der Waals surface area contributed by atoms with Crippen molar-refractivity contribution in [3.63, 3.8) is 0 Å². The van der Waals surface area contributed by atoms with Gasteiger partial charge in [-0.15, -0.1) is 0 Å². The van der Waals surface area contributed by atoms with Crippen LogP contribution in [0.3, 0.4) is 0 Å². The van der Waals surface area contributed by atoms with E-state index in [1.807, 2.05) is 0 Å². The molecule has 0 saturated carbocycles. The summed E-state index contributed by atoms with van der Waals surface area (Å²) >= 11 is 0. The third-order valence-electron chi connectivity index (χ3n) is 0. The van der Waals surface area contributed by atoms with Crippen molar-refractivity contribution in [2.45, 2.75) is 0 Å². The molecule has 0 unspecified atom stereocenters. The first kappa shape index (κ1) is 248. The van der Waals surface area contributed by atoms with E-state index in [0.717, 1.165) is 0 Å². The van der Waals surface area contributed by atoms with Crippen LogP contribution in [0.5, 0.6) is 0 Å². The van der Waals surface area contributed by atoms with Gasteiger partial charge in [0.15, 0.2) is 0 Å². The first-order valence-electron chi connectivity index (χ1n) is 0.204. The number of hydrogen-bond acceptors (Lipinski definition) is 6. The quantitative estimate of drug-likeness (QED) is 0.376. The Balaban J connectivity index is -0.000000000333. The zero-order valence-electron chi connectivity index (χ0n) is 3.72. The average molecular weight is 156 g/mol. The molecule has 8 heavy (non-hydrogen) atoms. The third-order valence-corrected chi connectivity index (χ3v) is 0. The Bertz CT molecular complexity index is 8.49. The van der Waals surface area contributed by atoms with Crippen LogP contribution in [-0.4, -0.2) is 54.9 Å². The van der Waals surface area contributed by atoms with E-state index in [2.05, 4.69) is 0 Å². The molecule has 0 aromatic heterocycles. The Kier molecular flexibility index (Phi) is 75200. The molecular formula is H5AlO6Si. The van der Waals surface area contributed by atoms with Gasteiger partial charge in [-0.05, 0) is 0 Å². The summed E-state index contributed by atoms with van der Waals surface area (Å²) in [6.45, 7) is 0. The molecule has 48 valence electrons. The van der Waals surface area contributed by atoms with Gasteiger partial charge in [0, 0.05) is 0 Å². The third kappa shape index (κ3) is 1490. The molecule has 0 aliphatic carbocycles. The fourth-order valence-electron chi connectivity index (χ4n) is 0. The maximum atomic E-state index is 8.06. The van der Waals surface area contributed by atoms with E-state index in [4.69, 9.17) is 4.46 Å². The van der Waals surface area contributed by atoms with E-state index in [1.165, 1.54) is 0 Å². The molecule has 5 N–H and O–H groups in total. The minimum atomic E-state index is 0. The maximum absolute atomic E-state index is 8.06. The second-order valence-corrected chi connectivity index (χ2v) is 0. The zero-order chi connectivity index (χ0) is 2.00. The van der Waals surface area contributed by atoms with E-state index in [-0.39, 0.29) is 44.7 Å². The standard InChI is InChI=1S/Al.OSi.5H2O/c;1-2;;;;;/h;;5*1H2/q+3;+2;;;;;/p-5. The zero-order valence-corrected chi connectivity index (χ0v) is 5.88. The molecular weight excluding hydrogens is 151 g/mol. The predicted molar refractivity (Wildman–Crippen MR) is 21.9 cm³/mol. The Morgan fingerprint density at radius 1 is 0.625 bits per heavy atom. The molecule has 0 bridgehead atoms. The van der Waals surface area contributed by atoms with Crippen molar-refractivity contribution in [1.29, 1.82) is 0 Å². The van der Waals surface area contributed by atoms with Crippen LogP contribution in [0.25, 0.3) is 0 Å². The molecule has 0 rings (SSSR count). The maximum Gasteiger partial charge on any atom is 3.00 e. The largest absolute Gasteiger partial charge is 3.00 e. The van der Waals surface area contributed by atoms with Gasteiger partial charge in [0.2, 0.25) is 0 Å². The van der Waals surface area contributed by atoms with Gasteiger partial charge in [-0.1, -0.05) is 0 Å². The first-order valence-corrected chi connectivity index (χ1v) is 0.612. The molecule has 0 aliphatic heterocycles. The van der Waals surface area contributed by atoms with Gasteiger partial charge in [-0.2, -0.15) is 0 Å². The van der Waals surface area contributed by atoms with Crippen LogP contribution in [0.1, 0.15) is 0 Å². The van der Waals surface area contributed by atoms with Crippen molar-refractivity contribution in [2.75, 3.05) is 0 Å². The summed E-state index contributed by atoms with van der Waals surface area (Å²) in [5.74, 6) is 0. The summed E-state index contributed by atoms with van der Waals surface area (Å²) in [4.78, 5) is 0. The molecule has 0 amide bonds. The van der Waals surface area contributed by atoms with Crippen molar-refractivity contribution < 1.29 is 31.8 Å². The van der Waals surface area contributed by atoms with Gasteiger partial charge in [-0.25, -0.2) is 0 Å². The molecule has 0 heterocycles. The number of rotatable bonds is 0. The minimum absolute atomic E-state index is 0. The SMILES string of the molecule is O=[Si+2].[Al+3].[OH-].[OH-].[OH-].[OH-].[OH-]. The van der Waals surface area contributed by atoms with Gasteiger partial charge in [-0.3, -0.25) is 0 Å².